The van der Waals surface area contributed by atoms with Crippen molar-refractivity contribution in [3.05, 3.63) is 47.3 Å². The SMILES string of the molecule is C/C(=C1\C(=O)Nc2ccc(N)cc21)c1cc(CC(=O)NCCN)c[nH]1. The number of benzene rings is 1. The van der Waals surface area contributed by atoms with E-state index in [0.29, 0.717) is 24.4 Å². The molecule has 2 aromatic rings. The Labute approximate surface area is 145 Å². The maximum absolute atomic E-state index is 12.4. The van der Waals surface area contributed by atoms with E-state index in [-0.39, 0.29) is 18.2 Å². The Morgan fingerprint density at radius 3 is 2.84 bits per heavy atom. The monoisotopic (exact) mass is 339 g/mol. The van der Waals surface area contributed by atoms with Crippen LogP contribution in [0.2, 0.25) is 0 Å². The molecular weight excluding hydrogens is 318 g/mol. The largest absolute Gasteiger partial charge is 0.399 e. The van der Waals surface area contributed by atoms with Gasteiger partial charge in [-0.05, 0) is 42.3 Å². The van der Waals surface area contributed by atoms with E-state index in [0.717, 1.165) is 28.1 Å². The molecule has 130 valence electrons. The number of nitrogen functional groups attached to an aromatic ring is 1. The van der Waals surface area contributed by atoms with Gasteiger partial charge in [0.1, 0.15) is 0 Å². The van der Waals surface area contributed by atoms with Gasteiger partial charge in [0.05, 0.1) is 12.0 Å². The molecular formula is C18H21N5O2. The van der Waals surface area contributed by atoms with Gasteiger partial charge in [-0.25, -0.2) is 0 Å². The first-order chi connectivity index (χ1) is 12.0. The number of anilines is 2. The van der Waals surface area contributed by atoms with Gasteiger partial charge in [0.15, 0.2) is 0 Å². The molecule has 2 amide bonds. The molecule has 0 saturated heterocycles. The van der Waals surface area contributed by atoms with Crippen molar-refractivity contribution in [3.8, 4) is 0 Å². The molecule has 0 fully saturated rings. The van der Waals surface area contributed by atoms with Gasteiger partial charge in [-0.15, -0.1) is 0 Å². The molecule has 2 heterocycles. The molecule has 7 nitrogen and oxygen atoms in total. The van der Waals surface area contributed by atoms with Crippen molar-refractivity contribution in [1.29, 1.82) is 0 Å². The number of rotatable bonds is 5. The standard InChI is InChI=1S/C18H21N5O2/c1-10(15-6-11(9-22-15)7-16(24)21-5-4-19)17-13-8-12(20)2-3-14(13)23-18(17)25/h2-3,6,8-9,22H,4-5,7,19-20H2,1H3,(H,21,24)(H,23,25)/b17-10+. The summed E-state index contributed by atoms with van der Waals surface area (Å²) in [5.41, 5.74) is 16.4. The van der Waals surface area contributed by atoms with Crippen LogP contribution in [0.1, 0.15) is 23.7 Å². The zero-order chi connectivity index (χ0) is 18.0. The highest BCUT2D eigenvalue weighted by Gasteiger charge is 2.27. The summed E-state index contributed by atoms with van der Waals surface area (Å²) in [5, 5.41) is 5.58. The summed E-state index contributed by atoms with van der Waals surface area (Å²) < 4.78 is 0. The third-order valence-electron chi connectivity index (χ3n) is 4.14. The molecule has 1 aromatic heterocycles. The van der Waals surface area contributed by atoms with Gasteiger partial charge in [0.2, 0.25) is 5.91 Å². The van der Waals surface area contributed by atoms with E-state index in [1.807, 2.05) is 13.0 Å². The van der Waals surface area contributed by atoms with Crippen LogP contribution < -0.4 is 22.1 Å². The summed E-state index contributed by atoms with van der Waals surface area (Å²) in [6.07, 6.45) is 2.03. The number of nitrogens with two attached hydrogens (primary N) is 2. The zero-order valence-corrected chi connectivity index (χ0v) is 14.0. The van der Waals surface area contributed by atoms with Gasteiger partial charge in [-0.2, -0.15) is 0 Å². The topological polar surface area (TPSA) is 126 Å². The number of hydrogen-bond acceptors (Lipinski definition) is 4. The lowest BCUT2D eigenvalue weighted by Gasteiger charge is -2.05. The highest BCUT2D eigenvalue weighted by molar-refractivity contribution is 6.36. The second kappa shape index (κ2) is 6.82. The number of H-pyrrole nitrogens is 1. The molecule has 7 heteroatoms. The van der Waals surface area contributed by atoms with Crippen molar-refractivity contribution in [2.75, 3.05) is 24.1 Å². The molecule has 0 spiro atoms. The summed E-state index contributed by atoms with van der Waals surface area (Å²) in [6, 6.07) is 7.22. The number of allylic oxidation sites excluding steroid dienone is 1. The molecule has 1 aliphatic heterocycles. The van der Waals surface area contributed by atoms with E-state index < -0.39 is 0 Å². The Hall–Kier alpha value is -3.06. The zero-order valence-electron chi connectivity index (χ0n) is 14.0. The van der Waals surface area contributed by atoms with Gasteiger partial charge in [-0.1, -0.05) is 0 Å². The normalized spacial score (nSPS) is 14.9. The van der Waals surface area contributed by atoms with Gasteiger partial charge in [0, 0.05) is 41.9 Å². The number of fused-ring (bicyclic) bond motifs is 1. The summed E-state index contributed by atoms with van der Waals surface area (Å²) in [6.45, 7) is 2.74. The van der Waals surface area contributed by atoms with Crippen LogP contribution in [0, 0.1) is 0 Å². The molecule has 0 saturated carbocycles. The van der Waals surface area contributed by atoms with Crippen molar-refractivity contribution in [1.82, 2.24) is 10.3 Å². The van der Waals surface area contributed by atoms with Crippen LogP contribution in [-0.2, 0) is 16.0 Å². The van der Waals surface area contributed by atoms with E-state index in [1.54, 1.807) is 24.4 Å². The Morgan fingerprint density at radius 2 is 2.08 bits per heavy atom. The quantitative estimate of drug-likeness (QED) is 0.413. The number of nitrogens with one attached hydrogen (secondary N) is 3. The molecule has 0 radical (unpaired) electrons. The fourth-order valence-electron chi connectivity index (χ4n) is 2.91. The summed E-state index contributed by atoms with van der Waals surface area (Å²) in [7, 11) is 0. The van der Waals surface area contributed by atoms with Crippen molar-refractivity contribution in [2.45, 2.75) is 13.3 Å². The Balaban J connectivity index is 1.88. The lowest BCUT2D eigenvalue weighted by molar-refractivity contribution is -0.120. The highest BCUT2D eigenvalue weighted by atomic mass is 16.2. The first kappa shape index (κ1) is 16.8. The molecule has 1 aliphatic rings. The van der Waals surface area contributed by atoms with Gasteiger partial charge in [0.25, 0.3) is 5.91 Å². The van der Waals surface area contributed by atoms with Crippen LogP contribution in [0.4, 0.5) is 11.4 Å². The predicted octanol–water partition coefficient (Wildman–Crippen LogP) is 1.10. The highest BCUT2D eigenvalue weighted by Crippen LogP contribution is 2.37. The minimum atomic E-state index is -0.157. The number of carbonyl (C=O) groups excluding carboxylic acids is 2. The first-order valence-electron chi connectivity index (χ1n) is 8.06. The Morgan fingerprint density at radius 1 is 1.28 bits per heavy atom. The van der Waals surface area contributed by atoms with E-state index in [9.17, 15) is 9.59 Å². The minimum Gasteiger partial charge on any atom is -0.399 e. The van der Waals surface area contributed by atoms with Crippen molar-refractivity contribution in [3.63, 3.8) is 0 Å². The fourth-order valence-corrected chi connectivity index (χ4v) is 2.91. The average Bonchev–Trinajstić information content (AvgIpc) is 3.16. The molecule has 0 bridgehead atoms. The van der Waals surface area contributed by atoms with Gasteiger partial charge >= 0.3 is 0 Å². The third-order valence-corrected chi connectivity index (χ3v) is 4.14. The average molecular weight is 339 g/mol. The second-order valence-electron chi connectivity index (χ2n) is 6.00. The molecule has 7 N–H and O–H groups in total. The Bertz CT molecular complexity index is 866. The van der Waals surface area contributed by atoms with Crippen LogP contribution in [0.5, 0.6) is 0 Å². The first-order valence-corrected chi connectivity index (χ1v) is 8.06. The molecule has 1 aromatic carbocycles. The van der Waals surface area contributed by atoms with E-state index in [1.165, 1.54) is 0 Å². The maximum Gasteiger partial charge on any atom is 0.256 e. The van der Waals surface area contributed by atoms with Crippen LogP contribution in [-0.4, -0.2) is 29.9 Å². The fraction of sp³-hybridized carbons (Fsp3) is 0.222. The number of aromatic amines is 1. The van der Waals surface area contributed by atoms with Crippen LogP contribution >= 0.6 is 0 Å². The minimum absolute atomic E-state index is 0.0852. The van der Waals surface area contributed by atoms with Crippen LogP contribution in [0.25, 0.3) is 11.1 Å². The van der Waals surface area contributed by atoms with Gasteiger partial charge in [-0.3, -0.25) is 9.59 Å². The van der Waals surface area contributed by atoms with E-state index in [2.05, 4.69) is 15.6 Å². The van der Waals surface area contributed by atoms with Crippen LogP contribution in [0.3, 0.4) is 0 Å². The van der Waals surface area contributed by atoms with E-state index >= 15 is 0 Å². The number of aromatic nitrogens is 1. The lowest BCUT2D eigenvalue weighted by Crippen LogP contribution is -2.30. The lowest BCUT2D eigenvalue weighted by atomic mass is 9.99. The van der Waals surface area contributed by atoms with Crippen molar-refractivity contribution in [2.24, 2.45) is 5.73 Å². The summed E-state index contributed by atoms with van der Waals surface area (Å²) >= 11 is 0. The summed E-state index contributed by atoms with van der Waals surface area (Å²) in [4.78, 5) is 27.3. The number of carbonyl (C=O) groups is 2. The molecule has 25 heavy (non-hydrogen) atoms. The maximum atomic E-state index is 12.4. The second-order valence-corrected chi connectivity index (χ2v) is 6.00. The van der Waals surface area contributed by atoms with E-state index in [4.69, 9.17) is 11.5 Å². The number of amides is 2. The third kappa shape index (κ3) is 3.41. The van der Waals surface area contributed by atoms with Crippen molar-refractivity contribution < 1.29 is 9.59 Å². The molecule has 0 atom stereocenters. The predicted molar refractivity (Wildman–Crippen MR) is 98.5 cm³/mol. The smallest absolute Gasteiger partial charge is 0.256 e. The van der Waals surface area contributed by atoms with Crippen molar-refractivity contribution >= 4 is 34.3 Å². The Kier molecular flexibility index (Phi) is 4.58. The molecule has 0 aliphatic carbocycles. The van der Waals surface area contributed by atoms with Gasteiger partial charge < -0.3 is 27.1 Å². The molecule has 3 rings (SSSR count). The summed E-state index contributed by atoms with van der Waals surface area (Å²) in [5.74, 6) is -0.243. The van der Waals surface area contributed by atoms with Crippen LogP contribution in [0.15, 0.2) is 30.5 Å². The molecule has 0 unspecified atom stereocenters. The number of hydrogen-bond donors (Lipinski definition) is 5.